The van der Waals surface area contributed by atoms with E-state index in [0.29, 0.717) is 23.6 Å². The van der Waals surface area contributed by atoms with Crippen molar-refractivity contribution in [2.45, 2.75) is 92.0 Å². The predicted molar refractivity (Wildman–Crippen MR) is 172 cm³/mol. The number of benzene rings is 3. The molecule has 0 aliphatic heterocycles. The Morgan fingerprint density at radius 3 is 2.19 bits per heavy atom. The number of anilines is 1. The molecule has 0 saturated heterocycles. The highest BCUT2D eigenvalue weighted by molar-refractivity contribution is 6.00. The molecule has 8 heteroatoms. The Kier molecular flexibility index (Phi) is 11.3. The standard InChI is InChI=1S/C35H47N3O5/c1-22(2)13-15-25(5)38(33(41)30(21-39)37-34(42)43-35(6,7)8)31(29-18-14-23(3)19-24(29)4)32(40)36-28-17-16-26-11-9-10-12-27(26)20-28/h9-12,14,16-20,22,25,30-31,39H,13,15,21H2,1-8H3,(H,36,40)(H,37,42). The topological polar surface area (TPSA) is 108 Å². The van der Waals surface area contributed by atoms with Gasteiger partial charge in [-0.1, -0.05) is 67.9 Å². The van der Waals surface area contributed by atoms with Crippen molar-refractivity contribution >= 4 is 34.4 Å². The van der Waals surface area contributed by atoms with E-state index in [4.69, 9.17) is 4.74 Å². The molecular formula is C35H47N3O5. The zero-order valence-electron chi connectivity index (χ0n) is 26.7. The number of aliphatic hydroxyl groups is 1. The summed E-state index contributed by atoms with van der Waals surface area (Å²) < 4.78 is 5.37. The minimum absolute atomic E-state index is 0.374. The maximum Gasteiger partial charge on any atom is 0.408 e. The van der Waals surface area contributed by atoms with Crippen molar-refractivity contribution in [2.24, 2.45) is 5.92 Å². The van der Waals surface area contributed by atoms with Gasteiger partial charge in [0, 0.05) is 11.7 Å². The van der Waals surface area contributed by atoms with Gasteiger partial charge in [0.25, 0.3) is 5.91 Å². The van der Waals surface area contributed by atoms with E-state index in [1.165, 1.54) is 4.90 Å². The number of carbonyl (C=O) groups excluding carboxylic acids is 3. The molecule has 43 heavy (non-hydrogen) atoms. The number of carbonyl (C=O) groups is 3. The molecule has 3 rings (SSSR count). The van der Waals surface area contributed by atoms with E-state index in [0.717, 1.165) is 28.3 Å². The summed E-state index contributed by atoms with van der Waals surface area (Å²) in [4.78, 5) is 42.8. The second kappa shape index (κ2) is 14.5. The highest BCUT2D eigenvalue weighted by Crippen LogP contribution is 2.31. The van der Waals surface area contributed by atoms with Crippen LogP contribution in [0, 0.1) is 19.8 Å². The first-order chi connectivity index (χ1) is 20.2. The van der Waals surface area contributed by atoms with Gasteiger partial charge in [-0.25, -0.2) is 4.79 Å². The lowest BCUT2D eigenvalue weighted by atomic mass is 9.93. The molecule has 3 unspecified atom stereocenters. The molecule has 0 radical (unpaired) electrons. The number of aryl methyl sites for hydroxylation is 2. The second-order valence-corrected chi connectivity index (χ2v) is 12.8. The van der Waals surface area contributed by atoms with Crippen molar-refractivity contribution < 1.29 is 24.2 Å². The Bertz CT molecular complexity index is 1430. The summed E-state index contributed by atoms with van der Waals surface area (Å²) in [5.41, 5.74) is 2.36. The van der Waals surface area contributed by atoms with Gasteiger partial charge in [-0.15, -0.1) is 0 Å². The summed E-state index contributed by atoms with van der Waals surface area (Å²) in [6, 6.07) is 16.6. The third kappa shape index (κ3) is 9.29. The molecule has 0 aromatic heterocycles. The van der Waals surface area contributed by atoms with Crippen molar-refractivity contribution in [2.75, 3.05) is 11.9 Å². The minimum atomic E-state index is -1.31. The third-order valence-electron chi connectivity index (χ3n) is 7.33. The van der Waals surface area contributed by atoms with E-state index in [9.17, 15) is 19.5 Å². The number of rotatable bonds is 11. The largest absolute Gasteiger partial charge is 0.444 e. The van der Waals surface area contributed by atoms with Crippen LogP contribution in [0.15, 0.2) is 60.7 Å². The van der Waals surface area contributed by atoms with Crippen LogP contribution in [-0.4, -0.2) is 52.2 Å². The zero-order valence-corrected chi connectivity index (χ0v) is 26.7. The van der Waals surface area contributed by atoms with Gasteiger partial charge in [0.05, 0.1) is 6.61 Å². The number of aliphatic hydroxyl groups excluding tert-OH is 1. The first kappa shape index (κ1) is 33.6. The van der Waals surface area contributed by atoms with Crippen LogP contribution in [0.1, 0.15) is 77.1 Å². The van der Waals surface area contributed by atoms with Crippen LogP contribution in [0.2, 0.25) is 0 Å². The Morgan fingerprint density at radius 1 is 0.907 bits per heavy atom. The van der Waals surface area contributed by atoms with Crippen molar-refractivity contribution in [1.29, 1.82) is 0 Å². The fourth-order valence-corrected chi connectivity index (χ4v) is 5.16. The van der Waals surface area contributed by atoms with E-state index in [1.807, 2.05) is 81.4 Å². The zero-order chi connectivity index (χ0) is 31.9. The normalized spacial score (nSPS) is 13.7. The van der Waals surface area contributed by atoms with Crippen LogP contribution in [0.4, 0.5) is 10.5 Å². The minimum Gasteiger partial charge on any atom is -0.444 e. The summed E-state index contributed by atoms with van der Waals surface area (Å²) in [7, 11) is 0. The number of fused-ring (bicyclic) bond motifs is 1. The van der Waals surface area contributed by atoms with Gasteiger partial charge in [0.15, 0.2) is 0 Å². The molecule has 3 atom stereocenters. The molecule has 8 nitrogen and oxygen atoms in total. The van der Waals surface area contributed by atoms with Crippen LogP contribution < -0.4 is 10.6 Å². The Morgan fingerprint density at radius 2 is 1.58 bits per heavy atom. The molecule has 3 amide bonds. The van der Waals surface area contributed by atoms with E-state index >= 15 is 0 Å². The molecule has 3 aromatic carbocycles. The average molecular weight is 590 g/mol. The molecule has 0 spiro atoms. The predicted octanol–water partition coefficient (Wildman–Crippen LogP) is 6.68. The number of alkyl carbamates (subject to hydrolysis) is 1. The van der Waals surface area contributed by atoms with E-state index in [-0.39, 0.29) is 5.91 Å². The van der Waals surface area contributed by atoms with Gasteiger partial charge in [-0.05, 0) is 94.3 Å². The summed E-state index contributed by atoms with van der Waals surface area (Å²) in [6.45, 7) is 14.5. The average Bonchev–Trinajstić information content (AvgIpc) is 2.92. The van der Waals surface area contributed by atoms with Gasteiger partial charge < -0.3 is 25.4 Å². The summed E-state index contributed by atoms with van der Waals surface area (Å²) in [5.74, 6) is -0.580. The van der Waals surface area contributed by atoms with Crippen molar-refractivity contribution in [3.05, 3.63) is 77.4 Å². The van der Waals surface area contributed by atoms with Gasteiger partial charge >= 0.3 is 6.09 Å². The molecular weight excluding hydrogens is 542 g/mol. The quantitative estimate of drug-likeness (QED) is 0.231. The fraction of sp³-hybridized carbons (Fsp3) is 0.457. The Hall–Kier alpha value is -3.91. The molecule has 0 aliphatic rings. The highest BCUT2D eigenvalue weighted by Gasteiger charge is 2.39. The second-order valence-electron chi connectivity index (χ2n) is 12.8. The first-order valence-corrected chi connectivity index (χ1v) is 15.0. The molecule has 0 saturated carbocycles. The van der Waals surface area contributed by atoms with Crippen LogP contribution in [0.3, 0.4) is 0 Å². The third-order valence-corrected chi connectivity index (χ3v) is 7.33. The molecule has 232 valence electrons. The SMILES string of the molecule is Cc1ccc(C(C(=O)Nc2ccc3ccccc3c2)N(C(=O)C(CO)NC(=O)OC(C)(C)C)C(C)CCC(C)C)c(C)c1. The smallest absolute Gasteiger partial charge is 0.408 e. The van der Waals surface area contributed by atoms with Crippen LogP contribution >= 0.6 is 0 Å². The summed E-state index contributed by atoms with van der Waals surface area (Å²) in [5, 5.41) is 17.9. The lowest BCUT2D eigenvalue weighted by Gasteiger charge is -2.39. The lowest BCUT2D eigenvalue weighted by molar-refractivity contribution is -0.144. The molecule has 3 aromatic rings. The summed E-state index contributed by atoms with van der Waals surface area (Å²) >= 11 is 0. The number of hydrogen-bond acceptors (Lipinski definition) is 5. The molecule has 0 fully saturated rings. The monoisotopic (exact) mass is 589 g/mol. The van der Waals surface area contributed by atoms with E-state index in [1.54, 1.807) is 20.8 Å². The molecule has 0 aliphatic carbocycles. The number of amides is 3. The van der Waals surface area contributed by atoms with Gasteiger partial charge in [0.1, 0.15) is 17.7 Å². The van der Waals surface area contributed by atoms with Gasteiger partial charge in [-0.3, -0.25) is 9.59 Å². The van der Waals surface area contributed by atoms with Crippen LogP contribution in [0.25, 0.3) is 10.8 Å². The van der Waals surface area contributed by atoms with Gasteiger partial charge in [0.2, 0.25) is 5.91 Å². The molecule has 0 heterocycles. The maximum absolute atomic E-state index is 14.3. The number of nitrogens with zero attached hydrogens (tertiary/aromatic N) is 1. The molecule has 3 N–H and O–H groups in total. The number of hydrogen-bond donors (Lipinski definition) is 3. The maximum atomic E-state index is 14.3. The van der Waals surface area contributed by atoms with Crippen molar-refractivity contribution in [3.8, 4) is 0 Å². The Balaban J connectivity index is 2.09. The lowest BCUT2D eigenvalue weighted by Crippen LogP contribution is -2.56. The van der Waals surface area contributed by atoms with Crippen LogP contribution in [-0.2, 0) is 14.3 Å². The van der Waals surface area contributed by atoms with Crippen molar-refractivity contribution in [1.82, 2.24) is 10.2 Å². The van der Waals surface area contributed by atoms with E-state index in [2.05, 4.69) is 24.5 Å². The highest BCUT2D eigenvalue weighted by atomic mass is 16.6. The van der Waals surface area contributed by atoms with E-state index < -0.39 is 42.3 Å². The number of nitrogens with one attached hydrogen (secondary N) is 2. The Labute approximate surface area is 255 Å². The van der Waals surface area contributed by atoms with Crippen LogP contribution in [0.5, 0.6) is 0 Å². The first-order valence-electron chi connectivity index (χ1n) is 15.0. The molecule has 0 bridgehead atoms. The fourth-order valence-electron chi connectivity index (χ4n) is 5.16. The summed E-state index contributed by atoms with van der Waals surface area (Å²) in [6.07, 6.45) is 0.622. The van der Waals surface area contributed by atoms with Gasteiger partial charge in [-0.2, -0.15) is 0 Å². The number of ether oxygens (including phenoxy) is 1. The van der Waals surface area contributed by atoms with Crippen molar-refractivity contribution in [3.63, 3.8) is 0 Å².